The Morgan fingerprint density at radius 1 is 1.29 bits per heavy atom. The van der Waals surface area contributed by atoms with Crippen molar-refractivity contribution in [3.05, 3.63) is 0 Å². The van der Waals surface area contributed by atoms with Crippen molar-refractivity contribution in [2.45, 2.75) is 45.0 Å². The Balaban J connectivity index is 4.91. The second kappa shape index (κ2) is 7.63. The van der Waals surface area contributed by atoms with Gasteiger partial charge in [0.25, 0.3) is 0 Å². The van der Waals surface area contributed by atoms with Gasteiger partial charge in [-0.25, -0.2) is 0 Å². The normalized spacial score (nSPS) is 16.6. The summed E-state index contributed by atoms with van der Waals surface area (Å²) in [6.07, 6.45) is 1.45. The molecule has 0 saturated heterocycles. The lowest BCUT2D eigenvalue weighted by Gasteiger charge is -2.36. The van der Waals surface area contributed by atoms with Crippen molar-refractivity contribution in [2.75, 3.05) is 21.3 Å². The molecule has 17 heavy (non-hydrogen) atoms. The van der Waals surface area contributed by atoms with E-state index in [4.69, 9.17) is 14.2 Å². The molecular weight excluding hydrogens is 224 g/mol. The first kappa shape index (κ1) is 16.4. The first-order valence-electron chi connectivity index (χ1n) is 5.81. The van der Waals surface area contributed by atoms with E-state index in [0.717, 1.165) is 12.8 Å². The number of rotatable bonds is 8. The molecule has 0 rings (SSSR count). The highest BCUT2D eigenvalue weighted by Crippen LogP contribution is 2.29. The number of esters is 1. The Hall–Kier alpha value is -0.650. The number of carbonyl (C=O) groups is 1. The minimum absolute atomic E-state index is 0.442. The maximum absolute atomic E-state index is 11.7. The molecule has 0 amide bonds. The summed E-state index contributed by atoms with van der Waals surface area (Å²) in [5.74, 6) is -1.10. The zero-order valence-electron chi connectivity index (χ0n) is 11.4. The summed E-state index contributed by atoms with van der Waals surface area (Å²) in [4.78, 5) is 11.7. The van der Waals surface area contributed by atoms with Gasteiger partial charge in [-0.1, -0.05) is 19.8 Å². The fraction of sp³-hybridized carbons (Fsp3) is 0.917. The lowest BCUT2D eigenvalue weighted by atomic mass is 9.84. The van der Waals surface area contributed by atoms with Crippen LogP contribution in [0, 0.1) is 5.92 Å². The second-order valence-corrected chi connectivity index (χ2v) is 4.25. The van der Waals surface area contributed by atoms with Crippen LogP contribution in [-0.4, -0.2) is 44.3 Å². The maximum Gasteiger partial charge on any atom is 0.311 e. The van der Waals surface area contributed by atoms with E-state index in [0.29, 0.717) is 6.42 Å². The number of carbonyl (C=O) groups excluding carboxylic acids is 1. The van der Waals surface area contributed by atoms with E-state index < -0.39 is 23.8 Å². The first-order chi connectivity index (χ1) is 7.95. The van der Waals surface area contributed by atoms with Crippen LogP contribution in [0.4, 0.5) is 0 Å². The highest BCUT2D eigenvalue weighted by molar-refractivity contribution is 5.73. The predicted octanol–water partition coefficient (Wildman–Crippen LogP) is 1.34. The van der Waals surface area contributed by atoms with Gasteiger partial charge in [0.15, 0.2) is 6.29 Å². The fourth-order valence-corrected chi connectivity index (χ4v) is 1.94. The number of methoxy groups -OCH3 is 3. The minimum Gasteiger partial charge on any atom is -0.469 e. The second-order valence-electron chi connectivity index (χ2n) is 4.25. The van der Waals surface area contributed by atoms with Crippen LogP contribution in [0.1, 0.15) is 33.1 Å². The lowest BCUT2D eigenvalue weighted by molar-refractivity contribution is -0.231. The summed E-state index contributed by atoms with van der Waals surface area (Å²) in [5.41, 5.74) is -1.41. The zero-order chi connectivity index (χ0) is 13.5. The summed E-state index contributed by atoms with van der Waals surface area (Å²) in [6, 6.07) is 0. The zero-order valence-corrected chi connectivity index (χ0v) is 11.4. The van der Waals surface area contributed by atoms with Gasteiger partial charge in [0.1, 0.15) is 5.60 Å². The van der Waals surface area contributed by atoms with Crippen molar-refractivity contribution in [3.8, 4) is 0 Å². The standard InChI is InChI=1S/C12H24O5/c1-6-7-8-9(10(13)15-3)12(2,14)11(16-4)17-5/h9,11,14H,6-8H2,1-5H3. The molecule has 0 fully saturated rings. The number of ether oxygens (including phenoxy) is 3. The number of hydrogen-bond acceptors (Lipinski definition) is 5. The van der Waals surface area contributed by atoms with E-state index in [-0.39, 0.29) is 0 Å². The average molecular weight is 248 g/mol. The SMILES string of the molecule is CCCCC(C(=O)OC)C(C)(O)C(OC)OC. The molecule has 0 aromatic carbocycles. The summed E-state index contributed by atoms with van der Waals surface area (Å²) in [7, 11) is 4.17. The van der Waals surface area contributed by atoms with Crippen molar-refractivity contribution in [1.82, 2.24) is 0 Å². The predicted molar refractivity (Wildman–Crippen MR) is 63.5 cm³/mol. The van der Waals surface area contributed by atoms with Crippen LogP contribution >= 0.6 is 0 Å². The van der Waals surface area contributed by atoms with Gasteiger partial charge in [0, 0.05) is 14.2 Å². The molecule has 0 aromatic heterocycles. The van der Waals surface area contributed by atoms with Gasteiger partial charge in [-0.3, -0.25) is 4.79 Å². The van der Waals surface area contributed by atoms with Crippen molar-refractivity contribution >= 4 is 5.97 Å². The molecule has 0 radical (unpaired) electrons. The summed E-state index contributed by atoms with van der Waals surface area (Å²) < 4.78 is 14.8. The van der Waals surface area contributed by atoms with E-state index in [2.05, 4.69) is 0 Å². The smallest absolute Gasteiger partial charge is 0.311 e. The van der Waals surface area contributed by atoms with Gasteiger partial charge in [-0.15, -0.1) is 0 Å². The summed E-state index contributed by atoms with van der Waals surface area (Å²) >= 11 is 0. The van der Waals surface area contributed by atoms with E-state index >= 15 is 0 Å². The first-order valence-corrected chi connectivity index (χ1v) is 5.81. The van der Waals surface area contributed by atoms with Gasteiger partial charge in [-0.2, -0.15) is 0 Å². The lowest BCUT2D eigenvalue weighted by Crippen LogP contribution is -2.51. The fourth-order valence-electron chi connectivity index (χ4n) is 1.94. The molecule has 0 saturated carbocycles. The Bertz CT molecular complexity index is 223. The third-order valence-corrected chi connectivity index (χ3v) is 2.94. The van der Waals surface area contributed by atoms with Crippen LogP contribution in [0.15, 0.2) is 0 Å². The number of unbranched alkanes of at least 4 members (excludes halogenated alkanes) is 1. The Kier molecular flexibility index (Phi) is 7.34. The van der Waals surface area contributed by atoms with Gasteiger partial charge >= 0.3 is 5.97 Å². The molecule has 0 aromatic rings. The topological polar surface area (TPSA) is 65.0 Å². The van der Waals surface area contributed by atoms with Gasteiger partial charge < -0.3 is 19.3 Å². The number of hydrogen-bond donors (Lipinski definition) is 1. The monoisotopic (exact) mass is 248 g/mol. The van der Waals surface area contributed by atoms with Gasteiger partial charge in [0.2, 0.25) is 0 Å². The molecule has 1 N–H and O–H groups in total. The Morgan fingerprint density at radius 3 is 2.18 bits per heavy atom. The molecule has 0 spiro atoms. The van der Waals surface area contributed by atoms with E-state index in [9.17, 15) is 9.90 Å². The molecule has 2 unspecified atom stereocenters. The van der Waals surface area contributed by atoms with Gasteiger partial charge in [-0.05, 0) is 13.3 Å². The average Bonchev–Trinajstić information content (AvgIpc) is 2.30. The largest absolute Gasteiger partial charge is 0.469 e. The Labute approximate surface area is 103 Å². The third kappa shape index (κ3) is 4.26. The van der Waals surface area contributed by atoms with Crippen molar-refractivity contribution in [2.24, 2.45) is 5.92 Å². The molecule has 5 heteroatoms. The number of aliphatic hydroxyl groups is 1. The van der Waals surface area contributed by atoms with Gasteiger partial charge in [0.05, 0.1) is 13.0 Å². The van der Waals surface area contributed by atoms with Crippen molar-refractivity contribution < 1.29 is 24.1 Å². The quantitative estimate of drug-likeness (QED) is 0.518. The molecule has 102 valence electrons. The highest BCUT2D eigenvalue weighted by Gasteiger charge is 2.44. The Morgan fingerprint density at radius 2 is 1.82 bits per heavy atom. The molecular formula is C12H24O5. The molecule has 0 aliphatic carbocycles. The van der Waals surface area contributed by atoms with E-state index in [1.165, 1.54) is 28.3 Å². The van der Waals surface area contributed by atoms with Crippen LogP contribution in [0.5, 0.6) is 0 Å². The maximum atomic E-state index is 11.7. The molecule has 2 atom stereocenters. The summed E-state index contributed by atoms with van der Waals surface area (Å²) in [6.45, 7) is 3.55. The van der Waals surface area contributed by atoms with Crippen LogP contribution in [-0.2, 0) is 19.0 Å². The summed E-state index contributed by atoms with van der Waals surface area (Å²) in [5, 5.41) is 10.4. The highest BCUT2D eigenvalue weighted by atomic mass is 16.7. The van der Waals surface area contributed by atoms with Crippen LogP contribution in [0.25, 0.3) is 0 Å². The molecule has 0 aliphatic rings. The molecule has 0 heterocycles. The molecule has 5 nitrogen and oxygen atoms in total. The minimum atomic E-state index is -1.41. The third-order valence-electron chi connectivity index (χ3n) is 2.94. The van der Waals surface area contributed by atoms with Crippen LogP contribution in [0.3, 0.4) is 0 Å². The molecule has 0 bridgehead atoms. The molecule has 0 aliphatic heterocycles. The van der Waals surface area contributed by atoms with E-state index in [1.54, 1.807) is 0 Å². The van der Waals surface area contributed by atoms with Crippen molar-refractivity contribution in [1.29, 1.82) is 0 Å². The van der Waals surface area contributed by atoms with Crippen LogP contribution in [0.2, 0.25) is 0 Å². The van der Waals surface area contributed by atoms with Crippen LogP contribution < -0.4 is 0 Å². The van der Waals surface area contributed by atoms with Crippen molar-refractivity contribution in [3.63, 3.8) is 0 Å². The van der Waals surface area contributed by atoms with E-state index in [1.807, 2.05) is 6.92 Å².